The van der Waals surface area contributed by atoms with E-state index in [9.17, 15) is 4.79 Å². The maximum absolute atomic E-state index is 11.8. The normalized spacial score (nSPS) is 17.3. The number of nitrogens with zero attached hydrogens (tertiary/aromatic N) is 1. The van der Waals surface area contributed by atoms with Crippen LogP contribution in [-0.2, 0) is 11.3 Å². The molecule has 1 aliphatic rings. The Bertz CT molecular complexity index is 500. The molecule has 0 aromatic heterocycles. The minimum absolute atomic E-state index is 0.0381. The molecular formula is C18H28N2O2. The van der Waals surface area contributed by atoms with Crippen LogP contribution in [0.5, 0.6) is 0 Å². The van der Waals surface area contributed by atoms with Gasteiger partial charge in [-0.25, -0.2) is 4.79 Å². The number of aryl methyl sites for hydroxylation is 1. The minimum Gasteiger partial charge on any atom is -0.446 e. The first-order valence-electron chi connectivity index (χ1n) is 8.08. The second-order valence-electron chi connectivity index (χ2n) is 7.24. The maximum Gasteiger partial charge on any atom is 0.407 e. The molecule has 0 unspecified atom stereocenters. The van der Waals surface area contributed by atoms with Crippen LogP contribution in [0.3, 0.4) is 0 Å². The molecule has 1 amide bonds. The summed E-state index contributed by atoms with van der Waals surface area (Å²) in [5.41, 5.74) is 2.41. The van der Waals surface area contributed by atoms with Crippen molar-refractivity contribution in [2.75, 3.05) is 13.1 Å². The summed E-state index contributed by atoms with van der Waals surface area (Å²) in [5.74, 6) is 0. The average Bonchev–Trinajstić information content (AvgIpc) is 2.39. The van der Waals surface area contributed by atoms with Gasteiger partial charge in [-0.2, -0.15) is 0 Å². The molecule has 2 rings (SSSR count). The number of nitrogens with one attached hydrogen (secondary N) is 1. The van der Waals surface area contributed by atoms with E-state index < -0.39 is 0 Å². The number of ether oxygens (including phenoxy) is 1. The van der Waals surface area contributed by atoms with Gasteiger partial charge in [0, 0.05) is 25.2 Å². The van der Waals surface area contributed by atoms with Crippen molar-refractivity contribution < 1.29 is 9.53 Å². The van der Waals surface area contributed by atoms with Crippen LogP contribution in [0.2, 0.25) is 0 Å². The molecule has 1 aliphatic heterocycles. The molecule has 0 radical (unpaired) electrons. The van der Waals surface area contributed by atoms with Gasteiger partial charge in [0.25, 0.3) is 0 Å². The van der Waals surface area contributed by atoms with Gasteiger partial charge >= 0.3 is 6.09 Å². The topological polar surface area (TPSA) is 41.6 Å². The summed E-state index contributed by atoms with van der Waals surface area (Å²) in [4.78, 5) is 14.2. The fourth-order valence-corrected chi connectivity index (χ4v) is 2.74. The Balaban J connectivity index is 1.75. The monoisotopic (exact) mass is 304 g/mol. The van der Waals surface area contributed by atoms with Crippen molar-refractivity contribution in [1.29, 1.82) is 0 Å². The van der Waals surface area contributed by atoms with E-state index in [0.717, 1.165) is 32.5 Å². The van der Waals surface area contributed by atoms with Crippen LogP contribution in [0.1, 0.15) is 44.7 Å². The standard InChI is InChI=1S/C18H28N2O2/c1-14-6-5-7-15(12-14)13-20-10-8-16(9-11-20)22-17(21)19-18(2,3)4/h5-7,12,16H,8-11,13H2,1-4H3,(H,19,21). The Labute approximate surface area is 133 Å². The molecule has 1 saturated heterocycles. The fourth-order valence-electron chi connectivity index (χ4n) is 2.74. The van der Waals surface area contributed by atoms with Crippen LogP contribution in [0.15, 0.2) is 24.3 Å². The van der Waals surface area contributed by atoms with Crippen molar-refractivity contribution in [1.82, 2.24) is 10.2 Å². The number of piperidine rings is 1. The Morgan fingerprint density at radius 1 is 1.32 bits per heavy atom. The van der Waals surface area contributed by atoms with Crippen LogP contribution in [-0.4, -0.2) is 35.7 Å². The highest BCUT2D eigenvalue weighted by molar-refractivity contribution is 5.68. The number of hydrogen-bond acceptors (Lipinski definition) is 3. The smallest absolute Gasteiger partial charge is 0.407 e. The van der Waals surface area contributed by atoms with E-state index in [1.54, 1.807) is 0 Å². The van der Waals surface area contributed by atoms with E-state index in [4.69, 9.17) is 4.74 Å². The van der Waals surface area contributed by atoms with Crippen molar-refractivity contribution in [3.05, 3.63) is 35.4 Å². The highest BCUT2D eigenvalue weighted by atomic mass is 16.6. The number of amides is 1. The molecule has 0 bridgehead atoms. The van der Waals surface area contributed by atoms with Crippen LogP contribution >= 0.6 is 0 Å². The molecule has 22 heavy (non-hydrogen) atoms. The van der Waals surface area contributed by atoms with Gasteiger partial charge in [-0.15, -0.1) is 0 Å². The van der Waals surface area contributed by atoms with Gasteiger partial charge in [-0.05, 0) is 46.1 Å². The van der Waals surface area contributed by atoms with Gasteiger partial charge < -0.3 is 10.1 Å². The summed E-state index contributed by atoms with van der Waals surface area (Å²) in [6.45, 7) is 10.9. The molecule has 1 N–H and O–H groups in total. The van der Waals surface area contributed by atoms with Crippen LogP contribution < -0.4 is 5.32 Å². The summed E-state index contributed by atoms with van der Waals surface area (Å²) < 4.78 is 5.51. The van der Waals surface area contributed by atoms with E-state index in [1.807, 2.05) is 20.8 Å². The number of likely N-dealkylation sites (tertiary alicyclic amines) is 1. The SMILES string of the molecule is Cc1cccc(CN2CCC(OC(=O)NC(C)(C)C)CC2)c1. The summed E-state index contributed by atoms with van der Waals surface area (Å²) in [6.07, 6.45) is 1.55. The van der Waals surface area contributed by atoms with Crippen LogP contribution in [0, 0.1) is 6.92 Å². The maximum atomic E-state index is 11.8. The lowest BCUT2D eigenvalue weighted by molar-refractivity contribution is 0.0452. The second-order valence-corrected chi connectivity index (χ2v) is 7.24. The molecule has 1 aromatic carbocycles. The third-order valence-electron chi connectivity index (χ3n) is 3.77. The Morgan fingerprint density at radius 3 is 2.59 bits per heavy atom. The van der Waals surface area contributed by atoms with Gasteiger partial charge in [-0.3, -0.25) is 4.90 Å². The van der Waals surface area contributed by atoms with Crippen molar-refractivity contribution >= 4 is 6.09 Å². The lowest BCUT2D eigenvalue weighted by atomic mass is 10.1. The highest BCUT2D eigenvalue weighted by Gasteiger charge is 2.24. The zero-order valence-electron chi connectivity index (χ0n) is 14.2. The quantitative estimate of drug-likeness (QED) is 0.929. The number of carbonyl (C=O) groups is 1. The zero-order chi connectivity index (χ0) is 16.2. The molecule has 4 nitrogen and oxygen atoms in total. The molecule has 0 spiro atoms. The predicted octanol–water partition coefficient (Wildman–Crippen LogP) is 3.48. The van der Waals surface area contributed by atoms with E-state index in [-0.39, 0.29) is 17.7 Å². The third kappa shape index (κ3) is 5.68. The molecule has 1 fully saturated rings. The summed E-state index contributed by atoms with van der Waals surface area (Å²) in [6, 6.07) is 8.64. The summed E-state index contributed by atoms with van der Waals surface area (Å²) in [7, 11) is 0. The van der Waals surface area contributed by atoms with Crippen molar-refractivity contribution in [2.24, 2.45) is 0 Å². The lowest BCUT2D eigenvalue weighted by Gasteiger charge is -2.32. The van der Waals surface area contributed by atoms with E-state index in [2.05, 4.69) is 41.4 Å². The molecule has 1 heterocycles. The van der Waals surface area contributed by atoms with Gasteiger partial charge in [-0.1, -0.05) is 29.8 Å². The predicted molar refractivity (Wildman–Crippen MR) is 88.8 cm³/mol. The Kier molecular flexibility index (Phi) is 5.46. The van der Waals surface area contributed by atoms with Gasteiger partial charge in [0.15, 0.2) is 0 Å². The molecular weight excluding hydrogens is 276 g/mol. The second kappa shape index (κ2) is 7.14. The summed E-state index contributed by atoms with van der Waals surface area (Å²) in [5, 5.41) is 2.85. The number of rotatable bonds is 3. The minimum atomic E-state index is -0.301. The number of carbonyl (C=O) groups excluding carboxylic acids is 1. The first-order valence-corrected chi connectivity index (χ1v) is 8.08. The molecule has 0 aliphatic carbocycles. The molecule has 4 heteroatoms. The molecule has 122 valence electrons. The van der Waals surface area contributed by atoms with Crippen molar-refractivity contribution in [3.8, 4) is 0 Å². The van der Waals surface area contributed by atoms with Gasteiger partial charge in [0.2, 0.25) is 0 Å². The van der Waals surface area contributed by atoms with Crippen LogP contribution in [0.4, 0.5) is 4.79 Å². The van der Waals surface area contributed by atoms with Crippen molar-refractivity contribution in [3.63, 3.8) is 0 Å². The molecule has 1 aromatic rings. The highest BCUT2D eigenvalue weighted by Crippen LogP contribution is 2.17. The van der Waals surface area contributed by atoms with Gasteiger partial charge in [0.1, 0.15) is 6.10 Å². The fraction of sp³-hybridized carbons (Fsp3) is 0.611. The first kappa shape index (κ1) is 16.8. The van der Waals surface area contributed by atoms with Crippen LogP contribution in [0.25, 0.3) is 0 Å². The molecule has 0 saturated carbocycles. The lowest BCUT2D eigenvalue weighted by Crippen LogP contribution is -2.44. The van der Waals surface area contributed by atoms with Crippen molar-refractivity contribution in [2.45, 2.75) is 58.7 Å². The van der Waals surface area contributed by atoms with E-state index in [1.165, 1.54) is 11.1 Å². The van der Waals surface area contributed by atoms with E-state index >= 15 is 0 Å². The average molecular weight is 304 g/mol. The Hall–Kier alpha value is -1.55. The van der Waals surface area contributed by atoms with Gasteiger partial charge in [0.05, 0.1) is 0 Å². The van der Waals surface area contributed by atoms with E-state index in [0.29, 0.717) is 0 Å². The third-order valence-corrected chi connectivity index (χ3v) is 3.77. The zero-order valence-corrected chi connectivity index (χ0v) is 14.2. The number of hydrogen-bond donors (Lipinski definition) is 1. The largest absolute Gasteiger partial charge is 0.446 e. The Morgan fingerprint density at radius 2 is 2.00 bits per heavy atom. The number of benzene rings is 1. The molecule has 0 atom stereocenters. The first-order chi connectivity index (χ1) is 10.3. The number of alkyl carbamates (subject to hydrolysis) is 1. The summed E-state index contributed by atoms with van der Waals surface area (Å²) >= 11 is 0.